The first-order valence-electron chi connectivity index (χ1n) is 7.81. The smallest absolute Gasteiger partial charge is 0.321 e. The standard InChI is InChI=1S/C17H24N2O3/c1-4-22-16(20)14-8-6-10-19(11-14)17(21)18-15-9-5-7-12(2)13(15)3/h5,7,9,14H,4,6,8,10-11H2,1-3H3,(H,18,21)/t14-/m1/s1. The van der Waals surface area contributed by atoms with Gasteiger partial charge < -0.3 is 15.0 Å². The normalized spacial score (nSPS) is 18.0. The Hall–Kier alpha value is -2.04. The lowest BCUT2D eigenvalue weighted by Gasteiger charge is -2.31. The van der Waals surface area contributed by atoms with Crippen LogP contribution in [0.3, 0.4) is 0 Å². The van der Waals surface area contributed by atoms with Crippen LogP contribution in [0.1, 0.15) is 30.9 Å². The van der Waals surface area contributed by atoms with Gasteiger partial charge in [0.1, 0.15) is 0 Å². The Morgan fingerprint density at radius 1 is 1.36 bits per heavy atom. The number of nitrogens with zero attached hydrogens (tertiary/aromatic N) is 1. The first kappa shape index (κ1) is 16.3. The van der Waals surface area contributed by atoms with E-state index in [1.54, 1.807) is 11.8 Å². The summed E-state index contributed by atoms with van der Waals surface area (Å²) in [5.41, 5.74) is 3.03. The predicted octanol–water partition coefficient (Wildman–Crippen LogP) is 3.11. The average Bonchev–Trinajstić information content (AvgIpc) is 2.52. The number of aryl methyl sites for hydroxylation is 1. The molecule has 2 amide bonds. The molecule has 0 saturated carbocycles. The molecular formula is C17H24N2O3. The average molecular weight is 304 g/mol. The minimum absolute atomic E-state index is 0.150. The van der Waals surface area contributed by atoms with Gasteiger partial charge in [-0.15, -0.1) is 0 Å². The highest BCUT2D eigenvalue weighted by Gasteiger charge is 2.29. The summed E-state index contributed by atoms with van der Waals surface area (Å²) in [4.78, 5) is 26.0. The van der Waals surface area contributed by atoms with E-state index in [-0.39, 0.29) is 17.9 Å². The minimum Gasteiger partial charge on any atom is -0.466 e. The van der Waals surface area contributed by atoms with Gasteiger partial charge in [0.2, 0.25) is 0 Å². The molecule has 1 aliphatic rings. The minimum atomic E-state index is -0.210. The molecule has 0 aromatic heterocycles. The molecule has 0 spiro atoms. The molecule has 0 aliphatic carbocycles. The van der Waals surface area contributed by atoms with Gasteiger partial charge in [-0.1, -0.05) is 12.1 Å². The molecular weight excluding hydrogens is 280 g/mol. The zero-order chi connectivity index (χ0) is 16.1. The van der Waals surface area contributed by atoms with Crippen molar-refractivity contribution in [1.29, 1.82) is 0 Å². The van der Waals surface area contributed by atoms with Crippen molar-refractivity contribution in [3.8, 4) is 0 Å². The largest absolute Gasteiger partial charge is 0.466 e. The number of urea groups is 1. The van der Waals surface area contributed by atoms with Gasteiger partial charge >= 0.3 is 12.0 Å². The van der Waals surface area contributed by atoms with Crippen molar-refractivity contribution in [1.82, 2.24) is 4.90 Å². The summed E-state index contributed by atoms with van der Waals surface area (Å²) in [6, 6.07) is 5.69. The van der Waals surface area contributed by atoms with Crippen molar-refractivity contribution in [3.63, 3.8) is 0 Å². The highest BCUT2D eigenvalue weighted by molar-refractivity contribution is 5.90. The lowest BCUT2D eigenvalue weighted by molar-refractivity contribution is -0.149. The third-order valence-corrected chi connectivity index (χ3v) is 4.17. The molecule has 120 valence electrons. The molecule has 1 N–H and O–H groups in total. The summed E-state index contributed by atoms with van der Waals surface area (Å²) in [7, 11) is 0. The second-order valence-corrected chi connectivity index (χ2v) is 5.71. The van der Waals surface area contributed by atoms with Crippen LogP contribution in [0.5, 0.6) is 0 Å². The highest BCUT2D eigenvalue weighted by atomic mass is 16.5. The molecule has 1 atom stereocenters. The number of rotatable bonds is 3. The highest BCUT2D eigenvalue weighted by Crippen LogP contribution is 2.21. The van der Waals surface area contributed by atoms with Crippen LogP contribution in [0.25, 0.3) is 0 Å². The maximum atomic E-state index is 12.4. The summed E-state index contributed by atoms with van der Waals surface area (Å²) < 4.78 is 5.07. The summed E-state index contributed by atoms with van der Waals surface area (Å²) >= 11 is 0. The van der Waals surface area contributed by atoms with E-state index in [4.69, 9.17) is 4.74 Å². The molecule has 1 heterocycles. The molecule has 1 aromatic carbocycles. The van der Waals surface area contributed by atoms with Gasteiger partial charge in [0.25, 0.3) is 0 Å². The predicted molar refractivity (Wildman–Crippen MR) is 85.9 cm³/mol. The Morgan fingerprint density at radius 3 is 2.86 bits per heavy atom. The van der Waals surface area contributed by atoms with Crippen molar-refractivity contribution in [2.75, 3.05) is 25.0 Å². The molecule has 0 radical (unpaired) electrons. The maximum Gasteiger partial charge on any atom is 0.321 e. The van der Waals surface area contributed by atoms with Gasteiger partial charge in [0.05, 0.1) is 12.5 Å². The Labute approximate surface area is 131 Å². The molecule has 1 fully saturated rings. The van der Waals surface area contributed by atoms with Crippen LogP contribution in [0.15, 0.2) is 18.2 Å². The second kappa shape index (κ2) is 7.29. The fourth-order valence-corrected chi connectivity index (χ4v) is 2.69. The van der Waals surface area contributed by atoms with Gasteiger partial charge in [-0.3, -0.25) is 4.79 Å². The number of carbonyl (C=O) groups excluding carboxylic acids is 2. The van der Waals surface area contributed by atoms with Gasteiger partial charge in [-0.05, 0) is 50.8 Å². The topological polar surface area (TPSA) is 58.6 Å². The second-order valence-electron chi connectivity index (χ2n) is 5.71. The fourth-order valence-electron chi connectivity index (χ4n) is 2.69. The van der Waals surface area contributed by atoms with Gasteiger partial charge in [-0.25, -0.2) is 4.79 Å². The van der Waals surface area contributed by atoms with E-state index in [1.165, 1.54) is 0 Å². The number of esters is 1. The number of hydrogen-bond acceptors (Lipinski definition) is 3. The molecule has 1 aliphatic heterocycles. The van der Waals surface area contributed by atoms with Crippen LogP contribution < -0.4 is 5.32 Å². The monoisotopic (exact) mass is 304 g/mol. The number of hydrogen-bond donors (Lipinski definition) is 1. The van der Waals surface area contributed by atoms with Gasteiger partial charge in [0, 0.05) is 18.8 Å². The fraction of sp³-hybridized carbons (Fsp3) is 0.529. The number of piperidine rings is 1. The number of benzene rings is 1. The van der Waals surface area contributed by atoms with E-state index in [0.717, 1.165) is 29.7 Å². The molecule has 2 rings (SSSR count). The number of anilines is 1. The number of ether oxygens (including phenoxy) is 1. The lowest BCUT2D eigenvalue weighted by Crippen LogP contribution is -2.44. The van der Waals surface area contributed by atoms with Crippen LogP contribution in [0.2, 0.25) is 0 Å². The van der Waals surface area contributed by atoms with Crippen molar-refractivity contribution < 1.29 is 14.3 Å². The van der Waals surface area contributed by atoms with Crippen LogP contribution in [0, 0.1) is 19.8 Å². The third kappa shape index (κ3) is 3.78. The third-order valence-electron chi connectivity index (χ3n) is 4.17. The Balaban J connectivity index is 2.00. The lowest BCUT2D eigenvalue weighted by atomic mass is 9.98. The van der Waals surface area contributed by atoms with E-state index in [0.29, 0.717) is 19.7 Å². The Bertz CT molecular complexity index is 557. The van der Waals surface area contributed by atoms with Crippen LogP contribution in [-0.2, 0) is 9.53 Å². The molecule has 0 bridgehead atoms. The van der Waals surface area contributed by atoms with E-state index in [9.17, 15) is 9.59 Å². The first-order chi connectivity index (χ1) is 10.5. The Morgan fingerprint density at radius 2 is 2.14 bits per heavy atom. The molecule has 0 unspecified atom stereocenters. The first-order valence-corrected chi connectivity index (χ1v) is 7.81. The van der Waals surface area contributed by atoms with Crippen molar-refractivity contribution >= 4 is 17.7 Å². The SMILES string of the molecule is CCOC(=O)[C@@H]1CCCN(C(=O)Nc2cccc(C)c2C)C1. The molecule has 1 saturated heterocycles. The number of likely N-dealkylation sites (tertiary alicyclic amines) is 1. The van der Waals surface area contributed by atoms with Gasteiger partial charge in [-0.2, -0.15) is 0 Å². The van der Waals surface area contributed by atoms with E-state index in [2.05, 4.69) is 5.32 Å². The number of carbonyl (C=O) groups is 2. The van der Waals surface area contributed by atoms with Crippen LogP contribution in [0.4, 0.5) is 10.5 Å². The van der Waals surface area contributed by atoms with Crippen molar-refractivity contribution in [2.45, 2.75) is 33.6 Å². The van der Waals surface area contributed by atoms with Crippen LogP contribution >= 0.6 is 0 Å². The van der Waals surface area contributed by atoms with E-state index >= 15 is 0 Å². The summed E-state index contributed by atoms with van der Waals surface area (Å²) in [6.07, 6.45) is 1.61. The van der Waals surface area contributed by atoms with E-state index < -0.39 is 0 Å². The molecule has 1 aromatic rings. The number of nitrogens with one attached hydrogen (secondary N) is 1. The zero-order valence-corrected chi connectivity index (χ0v) is 13.5. The summed E-state index contributed by atoms with van der Waals surface area (Å²) in [5, 5.41) is 2.95. The number of amides is 2. The quantitative estimate of drug-likeness (QED) is 0.873. The molecule has 22 heavy (non-hydrogen) atoms. The Kier molecular flexibility index (Phi) is 5.41. The molecule has 5 nitrogen and oxygen atoms in total. The van der Waals surface area contributed by atoms with E-state index in [1.807, 2.05) is 32.0 Å². The van der Waals surface area contributed by atoms with Crippen molar-refractivity contribution in [2.24, 2.45) is 5.92 Å². The summed E-state index contributed by atoms with van der Waals surface area (Å²) in [5.74, 6) is -0.412. The zero-order valence-electron chi connectivity index (χ0n) is 13.5. The van der Waals surface area contributed by atoms with Gasteiger partial charge in [0.15, 0.2) is 0 Å². The van der Waals surface area contributed by atoms with Crippen LogP contribution in [-0.4, -0.2) is 36.6 Å². The maximum absolute atomic E-state index is 12.4. The summed E-state index contributed by atoms with van der Waals surface area (Å²) in [6.45, 7) is 7.28. The molecule has 5 heteroatoms. The van der Waals surface area contributed by atoms with Crippen molar-refractivity contribution in [3.05, 3.63) is 29.3 Å².